The maximum absolute atomic E-state index is 11.8. The van der Waals surface area contributed by atoms with E-state index < -0.39 is 0 Å². The Morgan fingerprint density at radius 1 is 1.50 bits per heavy atom. The van der Waals surface area contributed by atoms with Crippen LogP contribution in [0.4, 0.5) is 0 Å². The molecule has 0 bridgehead atoms. The molecule has 0 spiro atoms. The fourth-order valence-corrected chi connectivity index (χ4v) is 1.47. The molecule has 0 aliphatic carbocycles. The third kappa shape index (κ3) is 2.04. The summed E-state index contributed by atoms with van der Waals surface area (Å²) >= 11 is 0. The molecule has 0 radical (unpaired) electrons. The van der Waals surface area contributed by atoms with Gasteiger partial charge in [0.1, 0.15) is 6.61 Å². The summed E-state index contributed by atoms with van der Waals surface area (Å²) in [5.74, 6) is 0.249. The van der Waals surface area contributed by atoms with Crippen molar-refractivity contribution >= 4 is 5.78 Å². The average Bonchev–Trinajstić information content (AvgIpc) is 2.81. The first-order valence-corrected chi connectivity index (χ1v) is 4.93. The summed E-state index contributed by atoms with van der Waals surface area (Å²) in [5, 5.41) is 11.8. The monoisotopic (exact) mass is 214 g/mol. The van der Waals surface area contributed by atoms with Gasteiger partial charge in [0.2, 0.25) is 0 Å². The van der Waals surface area contributed by atoms with Crippen molar-refractivity contribution in [1.82, 2.24) is 5.32 Å². The van der Waals surface area contributed by atoms with Gasteiger partial charge in [-0.3, -0.25) is 4.79 Å². The largest absolute Gasteiger partial charge is 0.477 e. The molecule has 0 aromatic heterocycles. The van der Waals surface area contributed by atoms with Crippen molar-refractivity contribution in [2.45, 2.75) is 0 Å². The lowest BCUT2D eigenvalue weighted by Crippen LogP contribution is -2.08. The number of hydrogen-bond acceptors (Lipinski definition) is 4. The van der Waals surface area contributed by atoms with Crippen LogP contribution in [0.2, 0.25) is 0 Å². The van der Waals surface area contributed by atoms with Gasteiger partial charge in [0.15, 0.2) is 11.7 Å². The zero-order valence-electron chi connectivity index (χ0n) is 8.56. The number of allylic oxidation sites excluding steroid dienone is 1. The molecule has 1 aliphatic rings. The number of ketones is 1. The molecule has 1 aromatic carbocycles. The summed E-state index contributed by atoms with van der Waals surface area (Å²) < 4.78 is 5.16. The van der Waals surface area contributed by atoms with Crippen molar-refractivity contribution in [2.75, 3.05) is 13.2 Å². The van der Waals surface area contributed by atoms with Crippen LogP contribution in [0.15, 0.2) is 36.2 Å². The van der Waals surface area contributed by atoms with Crippen LogP contribution >= 0.6 is 0 Å². The van der Waals surface area contributed by atoms with Crippen molar-refractivity contribution in [3.63, 3.8) is 0 Å². The van der Waals surface area contributed by atoms with E-state index in [4.69, 9.17) is 10.00 Å². The second kappa shape index (κ2) is 4.49. The third-order valence-corrected chi connectivity index (χ3v) is 2.23. The van der Waals surface area contributed by atoms with Gasteiger partial charge < -0.3 is 10.1 Å². The first kappa shape index (κ1) is 10.2. The molecular formula is C12H10N2O2. The molecule has 1 heterocycles. The van der Waals surface area contributed by atoms with Gasteiger partial charge in [0, 0.05) is 11.6 Å². The Balaban J connectivity index is 2.27. The number of carbonyl (C=O) groups is 1. The number of nitrogens with one attached hydrogen (secondary N) is 1. The number of ether oxygens (including phenoxy) is 1. The van der Waals surface area contributed by atoms with Gasteiger partial charge in [-0.05, 0) is 12.1 Å². The Hall–Kier alpha value is -2.28. The van der Waals surface area contributed by atoms with Crippen LogP contribution in [0.5, 0.6) is 0 Å². The second-order valence-corrected chi connectivity index (χ2v) is 3.31. The van der Waals surface area contributed by atoms with Crippen LogP contribution in [-0.4, -0.2) is 18.9 Å². The van der Waals surface area contributed by atoms with E-state index in [1.165, 1.54) is 6.08 Å². The van der Waals surface area contributed by atoms with E-state index in [0.29, 0.717) is 30.2 Å². The number of rotatable bonds is 2. The predicted octanol–water partition coefficient (Wildman–Crippen LogP) is 1.20. The predicted molar refractivity (Wildman–Crippen MR) is 57.5 cm³/mol. The standard InChI is InChI=1S/C12H10N2O2/c13-8-9-3-1-2-4-10(9)11(15)7-12-14-5-6-16-12/h1-4,7,14H,5-6H2/b12-7-. The van der Waals surface area contributed by atoms with Crippen molar-refractivity contribution in [1.29, 1.82) is 5.26 Å². The van der Waals surface area contributed by atoms with Crippen molar-refractivity contribution in [3.8, 4) is 6.07 Å². The first-order valence-electron chi connectivity index (χ1n) is 4.93. The van der Waals surface area contributed by atoms with Gasteiger partial charge >= 0.3 is 0 Å². The molecule has 4 nitrogen and oxygen atoms in total. The molecule has 0 atom stereocenters. The highest BCUT2D eigenvalue weighted by atomic mass is 16.5. The van der Waals surface area contributed by atoms with Crippen LogP contribution in [0.25, 0.3) is 0 Å². The molecule has 0 amide bonds. The van der Waals surface area contributed by atoms with Crippen LogP contribution in [0, 0.1) is 11.3 Å². The minimum atomic E-state index is -0.221. The Morgan fingerprint density at radius 3 is 3.00 bits per heavy atom. The van der Waals surface area contributed by atoms with E-state index in [1.54, 1.807) is 24.3 Å². The second-order valence-electron chi connectivity index (χ2n) is 3.31. The van der Waals surface area contributed by atoms with Gasteiger partial charge in [-0.1, -0.05) is 12.1 Å². The third-order valence-electron chi connectivity index (χ3n) is 2.23. The lowest BCUT2D eigenvalue weighted by molar-refractivity contribution is 0.104. The van der Waals surface area contributed by atoms with Crippen LogP contribution in [0.3, 0.4) is 0 Å². The maximum Gasteiger partial charge on any atom is 0.192 e. The minimum absolute atomic E-state index is 0.221. The van der Waals surface area contributed by atoms with Crippen molar-refractivity contribution in [3.05, 3.63) is 47.4 Å². The molecule has 1 fully saturated rings. The van der Waals surface area contributed by atoms with Crippen LogP contribution in [0.1, 0.15) is 15.9 Å². The summed E-state index contributed by atoms with van der Waals surface area (Å²) in [6.07, 6.45) is 1.38. The molecule has 1 aromatic rings. The molecule has 1 aliphatic heterocycles. The van der Waals surface area contributed by atoms with Crippen LogP contribution in [-0.2, 0) is 4.74 Å². The highest BCUT2D eigenvalue weighted by Crippen LogP contribution is 2.10. The molecule has 80 valence electrons. The molecule has 1 N–H and O–H groups in total. The van der Waals surface area contributed by atoms with E-state index in [-0.39, 0.29) is 5.78 Å². The zero-order valence-corrected chi connectivity index (χ0v) is 8.56. The quantitative estimate of drug-likeness (QED) is 0.593. The smallest absolute Gasteiger partial charge is 0.192 e. The highest BCUT2D eigenvalue weighted by molar-refractivity contribution is 6.06. The van der Waals surface area contributed by atoms with Crippen molar-refractivity contribution < 1.29 is 9.53 Å². The Labute approximate surface area is 93.1 Å². The summed E-state index contributed by atoms with van der Waals surface area (Å²) in [6.45, 7) is 1.28. The van der Waals surface area contributed by atoms with E-state index in [9.17, 15) is 4.79 Å². The Kier molecular flexibility index (Phi) is 2.88. The van der Waals surface area contributed by atoms with E-state index >= 15 is 0 Å². The molecule has 1 saturated heterocycles. The molecule has 4 heteroatoms. The van der Waals surface area contributed by atoms with Gasteiger partial charge in [-0.25, -0.2) is 0 Å². The zero-order chi connectivity index (χ0) is 11.4. The lowest BCUT2D eigenvalue weighted by atomic mass is 10.0. The Morgan fingerprint density at radius 2 is 2.31 bits per heavy atom. The molecule has 0 unspecified atom stereocenters. The first-order chi connectivity index (χ1) is 7.81. The number of hydrogen-bond donors (Lipinski definition) is 1. The number of nitrogens with zero attached hydrogens (tertiary/aromatic N) is 1. The number of benzene rings is 1. The van der Waals surface area contributed by atoms with E-state index in [0.717, 1.165) is 0 Å². The van der Waals surface area contributed by atoms with Gasteiger partial charge in [0.05, 0.1) is 18.2 Å². The van der Waals surface area contributed by atoms with E-state index in [2.05, 4.69) is 5.32 Å². The maximum atomic E-state index is 11.8. The summed E-state index contributed by atoms with van der Waals surface area (Å²) in [5.41, 5.74) is 0.775. The van der Waals surface area contributed by atoms with Crippen LogP contribution < -0.4 is 5.32 Å². The molecule has 2 rings (SSSR count). The van der Waals surface area contributed by atoms with Crippen molar-refractivity contribution in [2.24, 2.45) is 0 Å². The van der Waals surface area contributed by atoms with Gasteiger partial charge in [-0.15, -0.1) is 0 Å². The summed E-state index contributed by atoms with van der Waals surface area (Å²) in [6, 6.07) is 8.70. The summed E-state index contributed by atoms with van der Waals surface area (Å²) in [7, 11) is 0. The van der Waals surface area contributed by atoms with E-state index in [1.807, 2.05) is 6.07 Å². The average molecular weight is 214 g/mol. The highest BCUT2D eigenvalue weighted by Gasteiger charge is 2.12. The topological polar surface area (TPSA) is 62.1 Å². The fourth-order valence-electron chi connectivity index (χ4n) is 1.47. The van der Waals surface area contributed by atoms with Gasteiger partial charge in [-0.2, -0.15) is 5.26 Å². The lowest BCUT2D eigenvalue weighted by Gasteiger charge is -2.00. The SMILES string of the molecule is N#Cc1ccccc1C(=O)/C=C1/NCCO1. The number of nitriles is 1. The number of carbonyl (C=O) groups excluding carboxylic acids is 1. The molecule has 0 saturated carbocycles. The minimum Gasteiger partial charge on any atom is -0.477 e. The Bertz CT molecular complexity index is 478. The van der Waals surface area contributed by atoms with Gasteiger partial charge in [0.25, 0.3) is 0 Å². The molecule has 16 heavy (non-hydrogen) atoms. The summed E-state index contributed by atoms with van der Waals surface area (Å²) in [4.78, 5) is 11.8. The fraction of sp³-hybridized carbons (Fsp3) is 0.167. The molecular weight excluding hydrogens is 204 g/mol. The normalized spacial score (nSPS) is 16.3.